The van der Waals surface area contributed by atoms with Crippen molar-refractivity contribution in [3.8, 4) is 0 Å². The first-order valence-electron chi connectivity index (χ1n) is 6.83. The molecule has 0 aromatic heterocycles. The molecule has 6 heteroatoms. The average molecular weight is 304 g/mol. The minimum atomic E-state index is -0.326. The molecule has 0 aliphatic carbocycles. The molecule has 0 bridgehead atoms. The number of nitrogens with one attached hydrogen (secondary N) is 3. The zero-order chi connectivity index (χ0) is 15.6. The fourth-order valence-electron chi connectivity index (χ4n) is 2.40. The number of thiocarbonyl (C=S) groups is 1. The number of amides is 1. The summed E-state index contributed by atoms with van der Waals surface area (Å²) in [7, 11) is 0. The first kappa shape index (κ1) is 15.5. The standard InChI is InChI=1S/C15H20N4OS/c1-8(2)10-4-6-11(7-5-10)13-12(14(20)19-16)9(3)17-15(21)18-13/h4-8,13H,16H2,1-3H3,(H,19,20)(H2,17,18,21). The van der Waals surface area contributed by atoms with Gasteiger partial charge in [-0.3, -0.25) is 10.2 Å². The van der Waals surface area contributed by atoms with E-state index in [2.05, 4.69) is 42.0 Å². The highest BCUT2D eigenvalue weighted by molar-refractivity contribution is 7.80. The topological polar surface area (TPSA) is 79.2 Å². The summed E-state index contributed by atoms with van der Waals surface area (Å²) in [5, 5.41) is 6.58. The molecule has 0 saturated carbocycles. The average Bonchev–Trinajstić information content (AvgIpc) is 2.45. The van der Waals surface area contributed by atoms with Crippen molar-refractivity contribution < 1.29 is 4.79 Å². The van der Waals surface area contributed by atoms with Gasteiger partial charge in [-0.25, -0.2) is 5.84 Å². The van der Waals surface area contributed by atoms with Gasteiger partial charge in [0.25, 0.3) is 5.91 Å². The van der Waals surface area contributed by atoms with Crippen LogP contribution < -0.4 is 21.9 Å². The van der Waals surface area contributed by atoms with Crippen LogP contribution in [0.5, 0.6) is 0 Å². The highest BCUT2D eigenvalue weighted by atomic mass is 32.1. The van der Waals surface area contributed by atoms with Crippen LogP contribution in [-0.4, -0.2) is 11.0 Å². The summed E-state index contributed by atoms with van der Waals surface area (Å²) >= 11 is 5.18. The van der Waals surface area contributed by atoms with E-state index >= 15 is 0 Å². The number of rotatable bonds is 3. The molecular weight excluding hydrogens is 284 g/mol. The van der Waals surface area contributed by atoms with Gasteiger partial charge >= 0.3 is 0 Å². The van der Waals surface area contributed by atoms with Crippen molar-refractivity contribution in [2.24, 2.45) is 5.84 Å². The highest BCUT2D eigenvalue weighted by Crippen LogP contribution is 2.27. The largest absolute Gasteiger partial charge is 0.351 e. The number of hydrogen-bond acceptors (Lipinski definition) is 3. The van der Waals surface area contributed by atoms with Crippen molar-refractivity contribution in [2.75, 3.05) is 0 Å². The lowest BCUT2D eigenvalue weighted by molar-refractivity contribution is -0.118. The van der Waals surface area contributed by atoms with Crippen molar-refractivity contribution in [2.45, 2.75) is 32.7 Å². The first-order chi connectivity index (χ1) is 9.93. The molecule has 1 atom stereocenters. The van der Waals surface area contributed by atoms with Crippen molar-refractivity contribution in [3.05, 3.63) is 46.7 Å². The van der Waals surface area contributed by atoms with E-state index in [1.54, 1.807) is 0 Å². The number of allylic oxidation sites excluding steroid dienone is 1. The lowest BCUT2D eigenvalue weighted by atomic mass is 9.93. The Balaban J connectivity index is 2.41. The Morgan fingerprint density at radius 1 is 1.33 bits per heavy atom. The van der Waals surface area contributed by atoms with E-state index in [0.29, 0.717) is 22.3 Å². The van der Waals surface area contributed by atoms with E-state index in [-0.39, 0.29) is 11.9 Å². The zero-order valence-electron chi connectivity index (χ0n) is 12.4. The third-order valence-electron chi connectivity index (χ3n) is 3.58. The molecule has 0 spiro atoms. The normalized spacial score (nSPS) is 18.3. The number of carbonyl (C=O) groups excluding carboxylic acids is 1. The fourth-order valence-corrected chi connectivity index (χ4v) is 2.67. The van der Waals surface area contributed by atoms with E-state index in [1.165, 1.54) is 5.56 Å². The Bertz CT molecular complexity index is 592. The summed E-state index contributed by atoms with van der Waals surface area (Å²) in [6, 6.07) is 7.86. The van der Waals surface area contributed by atoms with Crippen LogP contribution in [0.2, 0.25) is 0 Å². The number of carbonyl (C=O) groups is 1. The summed E-state index contributed by atoms with van der Waals surface area (Å²) in [5.74, 6) is 5.42. The van der Waals surface area contributed by atoms with Crippen molar-refractivity contribution >= 4 is 23.2 Å². The van der Waals surface area contributed by atoms with E-state index in [0.717, 1.165) is 5.56 Å². The summed E-state index contributed by atoms with van der Waals surface area (Å²) in [5.41, 5.74) is 5.67. The van der Waals surface area contributed by atoms with Crippen LogP contribution in [-0.2, 0) is 4.79 Å². The molecule has 0 radical (unpaired) electrons. The second-order valence-corrected chi connectivity index (χ2v) is 5.77. The van der Waals surface area contributed by atoms with Gasteiger partial charge in [0.2, 0.25) is 0 Å². The van der Waals surface area contributed by atoms with E-state index in [4.69, 9.17) is 18.1 Å². The van der Waals surface area contributed by atoms with Crippen LogP contribution in [0, 0.1) is 0 Å². The minimum absolute atomic E-state index is 0.302. The Labute approximate surface area is 130 Å². The van der Waals surface area contributed by atoms with Gasteiger partial charge < -0.3 is 10.6 Å². The van der Waals surface area contributed by atoms with Gasteiger partial charge in [-0.1, -0.05) is 38.1 Å². The maximum Gasteiger partial charge on any atom is 0.265 e. The molecule has 112 valence electrons. The summed E-state index contributed by atoms with van der Waals surface area (Å²) in [6.07, 6.45) is 0. The molecule has 0 fully saturated rings. The number of nitrogens with two attached hydrogens (primary N) is 1. The van der Waals surface area contributed by atoms with Gasteiger partial charge in [0.15, 0.2) is 5.11 Å². The number of hydrazine groups is 1. The summed E-state index contributed by atoms with van der Waals surface area (Å²) < 4.78 is 0. The Morgan fingerprint density at radius 3 is 2.48 bits per heavy atom. The summed E-state index contributed by atoms with van der Waals surface area (Å²) in [6.45, 7) is 6.10. The predicted molar refractivity (Wildman–Crippen MR) is 87.2 cm³/mol. The van der Waals surface area contributed by atoms with E-state index in [1.807, 2.05) is 19.1 Å². The van der Waals surface area contributed by atoms with Crippen LogP contribution >= 0.6 is 12.2 Å². The van der Waals surface area contributed by atoms with Crippen LogP contribution in [0.25, 0.3) is 0 Å². The maximum absolute atomic E-state index is 12.0. The fraction of sp³-hybridized carbons (Fsp3) is 0.333. The number of benzene rings is 1. The lowest BCUT2D eigenvalue weighted by Gasteiger charge is -2.30. The molecule has 1 unspecified atom stereocenters. The quantitative estimate of drug-likeness (QED) is 0.295. The first-order valence-corrected chi connectivity index (χ1v) is 7.24. The Kier molecular flexibility index (Phi) is 4.59. The second-order valence-electron chi connectivity index (χ2n) is 5.36. The number of hydrogen-bond donors (Lipinski definition) is 4. The molecule has 5 nitrogen and oxygen atoms in total. The monoisotopic (exact) mass is 304 g/mol. The van der Waals surface area contributed by atoms with Gasteiger partial charge in [-0.05, 0) is 36.2 Å². The van der Waals surface area contributed by atoms with Crippen molar-refractivity contribution in [3.63, 3.8) is 0 Å². The maximum atomic E-state index is 12.0. The van der Waals surface area contributed by atoms with Gasteiger partial charge in [-0.15, -0.1) is 0 Å². The zero-order valence-corrected chi connectivity index (χ0v) is 13.2. The lowest BCUT2D eigenvalue weighted by Crippen LogP contribution is -2.47. The van der Waals surface area contributed by atoms with Crippen LogP contribution in [0.15, 0.2) is 35.5 Å². The molecule has 21 heavy (non-hydrogen) atoms. The van der Waals surface area contributed by atoms with Crippen LogP contribution in [0.4, 0.5) is 0 Å². The van der Waals surface area contributed by atoms with Crippen LogP contribution in [0.3, 0.4) is 0 Å². The van der Waals surface area contributed by atoms with Crippen LogP contribution in [0.1, 0.15) is 43.9 Å². The molecule has 1 amide bonds. The van der Waals surface area contributed by atoms with Gasteiger partial charge in [0.05, 0.1) is 11.6 Å². The minimum Gasteiger partial charge on any atom is -0.351 e. The van der Waals surface area contributed by atoms with E-state index < -0.39 is 0 Å². The Morgan fingerprint density at radius 2 is 1.95 bits per heavy atom. The highest BCUT2D eigenvalue weighted by Gasteiger charge is 2.29. The molecular formula is C15H20N4OS. The molecule has 2 rings (SSSR count). The molecule has 5 N–H and O–H groups in total. The molecule has 1 aromatic rings. The molecule has 1 aromatic carbocycles. The molecule has 1 aliphatic rings. The van der Waals surface area contributed by atoms with Gasteiger partial charge in [-0.2, -0.15) is 0 Å². The third-order valence-corrected chi connectivity index (χ3v) is 3.80. The third kappa shape index (κ3) is 3.22. The van der Waals surface area contributed by atoms with Gasteiger partial charge in [0.1, 0.15) is 0 Å². The molecule has 1 heterocycles. The summed E-state index contributed by atoms with van der Waals surface area (Å²) in [4.78, 5) is 12.0. The predicted octanol–water partition coefficient (Wildman–Crippen LogP) is 1.59. The van der Waals surface area contributed by atoms with Crippen molar-refractivity contribution in [1.82, 2.24) is 16.1 Å². The van der Waals surface area contributed by atoms with E-state index in [9.17, 15) is 4.79 Å². The van der Waals surface area contributed by atoms with Crippen molar-refractivity contribution in [1.29, 1.82) is 0 Å². The second kappa shape index (κ2) is 6.24. The molecule has 0 saturated heterocycles. The SMILES string of the molecule is CC1=C(C(=O)NN)C(c2ccc(C(C)C)cc2)NC(=S)N1. The smallest absolute Gasteiger partial charge is 0.265 e. The molecule has 1 aliphatic heterocycles. The Hall–Kier alpha value is -1.92. The van der Waals surface area contributed by atoms with Gasteiger partial charge in [0, 0.05) is 5.70 Å².